The van der Waals surface area contributed by atoms with Gasteiger partial charge in [-0.05, 0) is 47.0 Å². The molecule has 114 valence electrons. The number of hydrogen-bond donors (Lipinski definition) is 1. The molecular weight excluding hydrogens is 356 g/mol. The Morgan fingerprint density at radius 3 is 2.57 bits per heavy atom. The normalized spacial score (nSPS) is 18.4. The molecule has 1 fully saturated rings. The SMILES string of the molecule is CCC1(CC)NC(=O)CCN(c2ccc(Br)c(Cl)c2)C1=O. The van der Waals surface area contributed by atoms with Gasteiger partial charge in [0, 0.05) is 23.1 Å². The van der Waals surface area contributed by atoms with Crippen molar-refractivity contribution in [3.8, 4) is 0 Å². The van der Waals surface area contributed by atoms with Gasteiger partial charge in [0.15, 0.2) is 0 Å². The number of rotatable bonds is 3. The third-order valence-electron chi connectivity index (χ3n) is 4.02. The second kappa shape index (κ2) is 6.36. The van der Waals surface area contributed by atoms with Gasteiger partial charge in [-0.3, -0.25) is 9.59 Å². The summed E-state index contributed by atoms with van der Waals surface area (Å²) in [7, 11) is 0. The number of carbonyl (C=O) groups excluding carboxylic acids is 2. The van der Waals surface area contributed by atoms with E-state index in [0.717, 1.165) is 10.2 Å². The van der Waals surface area contributed by atoms with Gasteiger partial charge in [0.05, 0.1) is 5.02 Å². The van der Waals surface area contributed by atoms with Crippen LogP contribution in [0, 0.1) is 0 Å². The van der Waals surface area contributed by atoms with Crippen molar-refractivity contribution in [1.29, 1.82) is 0 Å². The minimum atomic E-state index is -0.826. The maximum Gasteiger partial charge on any atom is 0.252 e. The Morgan fingerprint density at radius 2 is 2.00 bits per heavy atom. The summed E-state index contributed by atoms with van der Waals surface area (Å²) in [5.74, 6) is -0.158. The van der Waals surface area contributed by atoms with Crippen LogP contribution in [0.4, 0.5) is 5.69 Å². The summed E-state index contributed by atoms with van der Waals surface area (Å²) in [6.45, 7) is 4.20. The van der Waals surface area contributed by atoms with Crippen LogP contribution in [0.25, 0.3) is 0 Å². The van der Waals surface area contributed by atoms with E-state index in [1.54, 1.807) is 11.0 Å². The number of amides is 2. The molecule has 1 aromatic rings. The van der Waals surface area contributed by atoms with E-state index in [-0.39, 0.29) is 11.8 Å². The predicted octanol–water partition coefficient (Wildman–Crippen LogP) is 3.51. The van der Waals surface area contributed by atoms with Crippen molar-refractivity contribution in [2.45, 2.75) is 38.6 Å². The van der Waals surface area contributed by atoms with Crippen LogP contribution in [0.5, 0.6) is 0 Å². The van der Waals surface area contributed by atoms with E-state index >= 15 is 0 Å². The average molecular weight is 374 g/mol. The monoisotopic (exact) mass is 372 g/mol. The standard InChI is InChI=1S/C15H18BrClN2O2/c1-3-15(4-2)14(21)19(8-7-13(20)18-15)10-5-6-11(16)12(17)9-10/h5-6,9H,3-4,7-8H2,1-2H3,(H,18,20). The molecule has 4 nitrogen and oxygen atoms in total. The Morgan fingerprint density at radius 1 is 1.33 bits per heavy atom. The van der Waals surface area contributed by atoms with Crippen LogP contribution in [0.2, 0.25) is 5.02 Å². The lowest BCUT2D eigenvalue weighted by molar-refractivity contribution is -0.130. The van der Waals surface area contributed by atoms with E-state index in [1.807, 2.05) is 26.0 Å². The summed E-state index contributed by atoms with van der Waals surface area (Å²) < 4.78 is 0.779. The second-order valence-corrected chi connectivity index (χ2v) is 6.40. The van der Waals surface area contributed by atoms with E-state index in [4.69, 9.17) is 11.6 Å². The van der Waals surface area contributed by atoms with Gasteiger partial charge >= 0.3 is 0 Å². The number of benzene rings is 1. The number of anilines is 1. The third kappa shape index (κ3) is 3.09. The summed E-state index contributed by atoms with van der Waals surface area (Å²) in [6.07, 6.45) is 1.42. The highest BCUT2D eigenvalue weighted by Gasteiger charge is 2.42. The first kappa shape index (κ1) is 16.3. The molecule has 1 N–H and O–H groups in total. The summed E-state index contributed by atoms with van der Waals surface area (Å²) in [6, 6.07) is 5.39. The zero-order valence-electron chi connectivity index (χ0n) is 12.1. The molecule has 21 heavy (non-hydrogen) atoms. The molecule has 0 spiro atoms. The van der Waals surface area contributed by atoms with Crippen molar-refractivity contribution in [1.82, 2.24) is 5.32 Å². The molecule has 0 aliphatic carbocycles. The molecule has 0 atom stereocenters. The molecule has 2 rings (SSSR count). The summed E-state index contributed by atoms with van der Waals surface area (Å²) in [5, 5.41) is 3.44. The molecule has 0 aromatic heterocycles. The van der Waals surface area contributed by atoms with Gasteiger partial charge in [-0.15, -0.1) is 0 Å². The number of hydrogen-bond acceptors (Lipinski definition) is 2. The average Bonchev–Trinajstić information content (AvgIpc) is 2.60. The lowest BCUT2D eigenvalue weighted by atomic mass is 9.91. The van der Waals surface area contributed by atoms with E-state index in [1.165, 1.54) is 0 Å². The van der Waals surface area contributed by atoms with Gasteiger partial charge in [0.25, 0.3) is 5.91 Å². The second-order valence-electron chi connectivity index (χ2n) is 5.14. The van der Waals surface area contributed by atoms with Crippen LogP contribution in [-0.4, -0.2) is 23.9 Å². The third-order valence-corrected chi connectivity index (χ3v) is 5.25. The summed E-state index contributed by atoms with van der Waals surface area (Å²) >= 11 is 9.46. The van der Waals surface area contributed by atoms with Gasteiger partial charge in [0.1, 0.15) is 5.54 Å². The van der Waals surface area contributed by atoms with Crippen LogP contribution < -0.4 is 10.2 Å². The molecule has 1 saturated heterocycles. The molecule has 1 heterocycles. The van der Waals surface area contributed by atoms with Crippen LogP contribution in [0.1, 0.15) is 33.1 Å². The lowest BCUT2D eigenvalue weighted by Gasteiger charge is -2.33. The molecule has 1 aromatic carbocycles. The Balaban J connectivity index is 2.44. The Labute approximate surface area is 138 Å². The fourth-order valence-corrected chi connectivity index (χ4v) is 3.01. The van der Waals surface area contributed by atoms with Crippen molar-refractivity contribution in [3.05, 3.63) is 27.7 Å². The molecule has 6 heteroatoms. The number of halogens is 2. The number of nitrogens with zero attached hydrogens (tertiary/aromatic N) is 1. The molecular formula is C15H18BrClN2O2. The van der Waals surface area contributed by atoms with Gasteiger partial charge in [-0.2, -0.15) is 0 Å². The first-order valence-electron chi connectivity index (χ1n) is 7.01. The summed E-state index contributed by atoms with van der Waals surface area (Å²) in [5.41, 5.74) is -0.108. The molecule has 0 saturated carbocycles. The van der Waals surface area contributed by atoms with E-state index in [0.29, 0.717) is 30.8 Å². The van der Waals surface area contributed by atoms with Crippen LogP contribution in [0.3, 0.4) is 0 Å². The van der Waals surface area contributed by atoms with Crippen LogP contribution in [-0.2, 0) is 9.59 Å². The van der Waals surface area contributed by atoms with Gasteiger partial charge in [-0.1, -0.05) is 25.4 Å². The molecule has 2 amide bonds. The Hall–Kier alpha value is -1.07. The van der Waals surface area contributed by atoms with Gasteiger partial charge in [0.2, 0.25) is 5.91 Å². The van der Waals surface area contributed by atoms with Crippen molar-refractivity contribution < 1.29 is 9.59 Å². The van der Waals surface area contributed by atoms with Crippen molar-refractivity contribution in [2.75, 3.05) is 11.4 Å². The minimum absolute atomic E-state index is 0.0725. The zero-order chi connectivity index (χ0) is 15.6. The van der Waals surface area contributed by atoms with Crippen molar-refractivity contribution >= 4 is 45.0 Å². The first-order chi connectivity index (χ1) is 9.93. The van der Waals surface area contributed by atoms with Gasteiger partial charge in [-0.25, -0.2) is 0 Å². The quantitative estimate of drug-likeness (QED) is 0.881. The largest absolute Gasteiger partial charge is 0.342 e. The zero-order valence-corrected chi connectivity index (χ0v) is 14.4. The van der Waals surface area contributed by atoms with Crippen molar-refractivity contribution in [3.63, 3.8) is 0 Å². The van der Waals surface area contributed by atoms with Crippen molar-refractivity contribution in [2.24, 2.45) is 0 Å². The molecule has 0 unspecified atom stereocenters. The highest BCUT2D eigenvalue weighted by atomic mass is 79.9. The minimum Gasteiger partial charge on any atom is -0.342 e. The van der Waals surface area contributed by atoms with Gasteiger partial charge < -0.3 is 10.2 Å². The van der Waals surface area contributed by atoms with E-state index in [2.05, 4.69) is 21.2 Å². The fourth-order valence-electron chi connectivity index (χ4n) is 2.58. The number of nitrogens with one attached hydrogen (secondary N) is 1. The predicted molar refractivity (Wildman–Crippen MR) is 87.6 cm³/mol. The van der Waals surface area contributed by atoms with E-state index in [9.17, 15) is 9.59 Å². The fraction of sp³-hybridized carbons (Fsp3) is 0.467. The number of carbonyl (C=O) groups is 2. The molecule has 1 aliphatic heterocycles. The molecule has 0 radical (unpaired) electrons. The Bertz CT molecular complexity index is 573. The van der Waals surface area contributed by atoms with E-state index < -0.39 is 5.54 Å². The van der Waals surface area contributed by atoms with Crippen LogP contribution in [0.15, 0.2) is 22.7 Å². The molecule has 0 bridgehead atoms. The maximum atomic E-state index is 12.9. The smallest absolute Gasteiger partial charge is 0.252 e. The Kier molecular flexibility index (Phi) is 4.94. The maximum absolute atomic E-state index is 12.9. The summed E-state index contributed by atoms with van der Waals surface area (Å²) in [4.78, 5) is 26.5. The van der Waals surface area contributed by atoms with Crippen LogP contribution >= 0.6 is 27.5 Å². The topological polar surface area (TPSA) is 49.4 Å². The highest BCUT2D eigenvalue weighted by molar-refractivity contribution is 9.10. The lowest BCUT2D eigenvalue weighted by Crippen LogP contribution is -2.56. The molecule has 1 aliphatic rings. The highest BCUT2D eigenvalue weighted by Crippen LogP contribution is 2.31. The first-order valence-corrected chi connectivity index (χ1v) is 8.18.